The molecular formula is C32H47N3O6. The summed E-state index contributed by atoms with van der Waals surface area (Å²) >= 11 is 0. The van der Waals surface area contributed by atoms with E-state index < -0.39 is 35.6 Å². The number of amides is 3. The standard InChI is InChI=1S/C32H47N3O6/c1-20(2)10-11-22(5)35(30(38)27(21(3)4)34-31(39)41-32(6,7)8)28(23-12-16-25(36)17-13-23)29(37)33-24-14-18-26(40-9)19-15-24/h12-22,27-28,36H,10-11H2,1-9H3,(H,33,37)(H,34,39). The maximum Gasteiger partial charge on any atom is 0.408 e. The van der Waals surface area contributed by atoms with E-state index in [9.17, 15) is 19.5 Å². The number of phenols is 1. The van der Waals surface area contributed by atoms with E-state index in [0.29, 0.717) is 29.3 Å². The average Bonchev–Trinajstić information content (AvgIpc) is 2.88. The van der Waals surface area contributed by atoms with E-state index in [4.69, 9.17) is 9.47 Å². The second kappa shape index (κ2) is 14.8. The maximum atomic E-state index is 14.4. The van der Waals surface area contributed by atoms with Crippen LogP contribution in [0.15, 0.2) is 48.5 Å². The molecule has 0 aliphatic rings. The zero-order chi connectivity index (χ0) is 30.9. The Morgan fingerprint density at radius 2 is 1.49 bits per heavy atom. The summed E-state index contributed by atoms with van der Waals surface area (Å²) in [6.45, 7) is 15.1. The van der Waals surface area contributed by atoms with Crippen molar-refractivity contribution in [3.05, 3.63) is 54.1 Å². The molecule has 2 rings (SSSR count). The number of nitrogens with one attached hydrogen (secondary N) is 2. The van der Waals surface area contributed by atoms with Crippen LogP contribution >= 0.6 is 0 Å². The monoisotopic (exact) mass is 569 g/mol. The molecule has 0 saturated heterocycles. The number of hydrogen-bond donors (Lipinski definition) is 3. The van der Waals surface area contributed by atoms with Crippen molar-refractivity contribution in [3.8, 4) is 11.5 Å². The van der Waals surface area contributed by atoms with E-state index in [-0.39, 0.29) is 17.7 Å². The fourth-order valence-corrected chi connectivity index (χ4v) is 4.40. The first-order chi connectivity index (χ1) is 19.1. The third-order valence-electron chi connectivity index (χ3n) is 6.59. The van der Waals surface area contributed by atoms with Gasteiger partial charge in [0, 0.05) is 11.7 Å². The van der Waals surface area contributed by atoms with Crippen LogP contribution in [-0.2, 0) is 14.3 Å². The van der Waals surface area contributed by atoms with Gasteiger partial charge in [0.1, 0.15) is 29.2 Å². The van der Waals surface area contributed by atoms with E-state index in [1.54, 1.807) is 69.2 Å². The van der Waals surface area contributed by atoms with Gasteiger partial charge in [-0.3, -0.25) is 9.59 Å². The van der Waals surface area contributed by atoms with Gasteiger partial charge in [0.15, 0.2) is 0 Å². The van der Waals surface area contributed by atoms with Gasteiger partial charge in [-0.1, -0.05) is 39.8 Å². The van der Waals surface area contributed by atoms with Gasteiger partial charge in [0.05, 0.1) is 7.11 Å². The van der Waals surface area contributed by atoms with E-state index in [1.807, 2.05) is 20.8 Å². The molecule has 0 saturated carbocycles. The number of aromatic hydroxyl groups is 1. The number of ether oxygens (including phenoxy) is 2. The van der Waals surface area contributed by atoms with Gasteiger partial charge in [0.25, 0.3) is 5.91 Å². The fraction of sp³-hybridized carbons (Fsp3) is 0.531. The van der Waals surface area contributed by atoms with E-state index >= 15 is 0 Å². The Morgan fingerprint density at radius 1 is 0.902 bits per heavy atom. The van der Waals surface area contributed by atoms with Crippen LogP contribution in [0.25, 0.3) is 0 Å². The van der Waals surface area contributed by atoms with E-state index in [1.165, 1.54) is 12.1 Å². The van der Waals surface area contributed by atoms with Crippen molar-refractivity contribution in [3.63, 3.8) is 0 Å². The molecule has 3 atom stereocenters. The maximum absolute atomic E-state index is 14.4. The van der Waals surface area contributed by atoms with Crippen LogP contribution in [0, 0.1) is 11.8 Å². The first-order valence-corrected chi connectivity index (χ1v) is 14.2. The van der Waals surface area contributed by atoms with Crippen LogP contribution in [0.1, 0.15) is 79.8 Å². The number of anilines is 1. The highest BCUT2D eigenvalue weighted by Crippen LogP contribution is 2.30. The number of carbonyl (C=O) groups is 3. The highest BCUT2D eigenvalue weighted by molar-refractivity contribution is 5.99. The first-order valence-electron chi connectivity index (χ1n) is 14.2. The van der Waals surface area contributed by atoms with Crippen LogP contribution in [0.2, 0.25) is 0 Å². The predicted molar refractivity (Wildman–Crippen MR) is 161 cm³/mol. The average molecular weight is 570 g/mol. The van der Waals surface area contributed by atoms with Gasteiger partial charge >= 0.3 is 6.09 Å². The van der Waals surface area contributed by atoms with Crippen molar-refractivity contribution in [1.29, 1.82) is 0 Å². The van der Waals surface area contributed by atoms with Gasteiger partial charge in [0.2, 0.25) is 5.91 Å². The Kier molecular flexibility index (Phi) is 12.0. The Hall–Kier alpha value is -3.75. The zero-order valence-corrected chi connectivity index (χ0v) is 25.9. The van der Waals surface area contributed by atoms with Gasteiger partial charge in [-0.25, -0.2) is 4.79 Å². The Bertz CT molecular complexity index is 1140. The van der Waals surface area contributed by atoms with Crippen molar-refractivity contribution in [1.82, 2.24) is 10.2 Å². The molecule has 3 unspecified atom stereocenters. The molecule has 0 fully saturated rings. The Morgan fingerprint density at radius 3 is 1.98 bits per heavy atom. The normalized spacial score (nSPS) is 13.7. The Balaban J connectivity index is 2.59. The molecule has 9 heteroatoms. The van der Waals surface area contributed by atoms with Crippen molar-refractivity contribution in [2.45, 2.75) is 92.0 Å². The summed E-state index contributed by atoms with van der Waals surface area (Å²) in [6.07, 6.45) is 0.771. The quantitative estimate of drug-likeness (QED) is 0.277. The molecule has 2 aromatic rings. The summed E-state index contributed by atoms with van der Waals surface area (Å²) in [5.41, 5.74) is 0.318. The van der Waals surface area contributed by atoms with Crippen LogP contribution in [-0.4, -0.2) is 52.7 Å². The summed E-state index contributed by atoms with van der Waals surface area (Å²) in [5.74, 6) is -0.0450. The smallest absolute Gasteiger partial charge is 0.408 e. The van der Waals surface area contributed by atoms with Gasteiger partial charge in [-0.05, 0) is 94.3 Å². The van der Waals surface area contributed by atoms with Crippen LogP contribution < -0.4 is 15.4 Å². The third-order valence-corrected chi connectivity index (χ3v) is 6.59. The molecule has 41 heavy (non-hydrogen) atoms. The highest BCUT2D eigenvalue weighted by Gasteiger charge is 2.40. The van der Waals surface area contributed by atoms with Crippen molar-refractivity contribution >= 4 is 23.6 Å². The number of alkyl carbamates (subject to hydrolysis) is 1. The lowest BCUT2D eigenvalue weighted by atomic mass is 9.95. The molecule has 0 aliphatic carbocycles. The van der Waals surface area contributed by atoms with E-state index in [2.05, 4.69) is 24.5 Å². The lowest BCUT2D eigenvalue weighted by molar-refractivity contribution is -0.144. The second-order valence-corrected chi connectivity index (χ2v) is 12.1. The van der Waals surface area contributed by atoms with Gasteiger partial charge < -0.3 is 30.1 Å². The fourth-order valence-electron chi connectivity index (χ4n) is 4.40. The number of nitrogens with zero attached hydrogens (tertiary/aromatic N) is 1. The summed E-state index contributed by atoms with van der Waals surface area (Å²) in [7, 11) is 1.56. The number of carbonyl (C=O) groups excluding carboxylic acids is 3. The summed E-state index contributed by atoms with van der Waals surface area (Å²) in [4.78, 5) is 42.8. The minimum Gasteiger partial charge on any atom is -0.508 e. The zero-order valence-electron chi connectivity index (χ0n) is 25.9. The number of hydrogen-bond acceptors (Lipinski definition) is 6. The largest absolute Gasteiger partial charge is 0.508 e. The van der Waals surface area contributed by atoms with Crippen molar-refractivity contribution in [2.75, 3.05) is 12.4 Å². The topological polar surface area (TPSA) is 117 Å². The molecule has 0 bridgehead atoms. The lowest BCUT2D eigenvalue weighted by Gasteiger charge is -2.39. The van der Waals surface area contributed by atoms with Crippen molar-refractivity contribution < 1.29 is 29.0 Å². The number of phenolic OH excluding ortho intramolecular Hbond substituents is 1. The minimum absolute atomic E-state index is 0.0421. The van der Waals surface area contributed by atoms with Gasteiger partial charge in [-0.2, -0.15) is 0 Å². The molecule has 3 amide bonds. The second-order valence-electron chi connectivity index (χ2n) is 12.1. The number of methoxy groups -OCH3 is 1. The van der Waals surface area contributed by atoms with Gasteiger partial charge in [-0.15, -0.1) is 0 Å². The van der Waals surface area contributed by atoms with E-state index in [0.717, 1.165) is 6.42 Å². The number of benzene rings is 2. The molecule has 0 aromatic heterocycles. The molecule has 0 aliphatic heterocycles. The molecule has 2 aromatic carbocycles. The molecule has 0 spiro atoms. The van der Waals surface area contributed by atoms with Crippen LogP contribution in [0.5, 0.6) is 11.5 Å². The summed E-state index contributed by atoms with van der Waals surface area (Å²) in [5, 5.41) is 15.7. The van der Waals surface area contributed by atoms with Crippen molar-refractivity contribution in [2.24, 2.45) is 11.8 Å². The summed E-state index contributed by atoms with van der Waals surface area (Å²) < 4.78 is 10.7. The predicted octanol–water partition coefficient (Wildman–Crippen LogP) is 6.28. The molecule has 0 heterocycles. The summed E-state index contributed by atoms with van der Waals surface area (Å²) in [6, 6.07) is 10.8. The lowest BCUT2D eigenvalue weighted by Crippen LogP contribution is -2.56. The highest BCUT2D eigenvalue weighted by atomic mass is 16.6. The Labute approximate surface area is 244 Å². The molecular weight excluding hydrogens is 522 g/mol. The molecule has 0 radical (unpaired) electrons. The SMILES string of the molecule is COc1ccc(NC(=O)C(c2ccc(O)cc2)N(C(=O)C(NC(=O)OC(C)(C)C)C(C)C)C(C)CCC(C)C)cc1. The molecule has 226 valence electrons. The minimum atomic E-state index is -1.05. The molecule has 9 nitrogen and oxygen atoms in total. The first kappa shape index (κ1) is 33.5. The third kappa shape index (κ3) is 10.3. The van der Waals surface area contributed by atoms with Crippen LogP contribution in [0.4, 0.5) is 10.5 Å². The molecule has 3 N–H and O–H groups in total. The van der Waals surface area contributed by atoms with Crippen LogP contribution in [0.3, 0.4) is 0 Å². The number of rotatable bonds is 12.